The number of nitrogens with one attached hydrogen (secondary N) is 1. The minimum Gasteiger partial charge on any atom is -0.394 e. The fourth-order valence-corrected chi connectivity index (χ4v) is 6.72. The summed E-state index contributed by atoms with van der Waals surface area (Å²) in [5, 5.41) is 14.4. The van der Waals surface area contributed by atoms with E-state index in [2.05, 4.69) is 46.3 Å². The van der Waals surface area contributed by atoms with Gasteiger partial charge in [-0.2, -0.15) is 0 Å². The van der Waals surface area contributed by atoms with Crippen molar-refractivity contribution in [3.8, 4) is 0 Å². The van der Waals surface area contributed by atoms with Gasteiger partial charge < -0.3 is 19.9 Å². The molecule has 2 amide bonds. The predicted molar refractivity (Wildman–Crippen MR) is 157 cm³/mol. The summed E-state index contributed by atoms with van der Waals surface area (Å²) >= 11 is 0. The van der Waals surface area contributed by atoms with E-state index in [1.165, 1.54) is 0 Å². The number of aliphatic hydroxyl groups excluding tert-OH is 1. The zero-order valence-corrected chi connectivity index (χ0v) is 23.1. The first-order valence-electron chi connectivity index (χ1n) is 14.5. The maximum atomic E-state index is 13.7. The molecular weight excluding hydrogens is 498 g/mol. The van der Waals surface area contributed by atoms with E-state index in [0.717, 1.165) is 77.5 Å². The molecule has 0 radical (unpaired) electrons. The molecule has 206 valence electrons. The van der Waals surface area contributed by atoms with Gasteiger partial charge in [0.25, 0.3) is 5.91 Å². The molecule has 3 aromatic carbocycles. The van der Waals surface area contributed by atoms with Gasteiger partial charge in [-0.1, -0.05) is 85.6 Å². The zero-order chi connectivity index (χ0) is 27.6. The molecule has 6 heteroatoms. The minimum absolute atomic E-state index is 0.0262. The Morgan fingerprint density at radius 3 is 2.38 bits per heavy atom. The molecule has 40 heavy (non-hydrogen) atoms. The Kier molecular flexibility index (Phi) is 7.44. The summed E-state index contributed by atoms with van der Waals surface area (Å²) in [5.74, 6) is 0.0739. The molecule has 2 aliphatic rings. The first kappa shape index (κ1) is 26.3. The molecular formula is C34H37N3O3. The predicted octanol–water partition coefficient (Wildman–Crippen LogP) is 5.44. The number of amides is 2. The molecule has 1 aliphatic heterocycles. The number of nitrogens with zero attached hydrogens (tertiary/aromatic N) is 2. The maximum absolute atomic E-state index is 13.7. The Hall–Kier alpha value is -3.90. The van der Waals surface area contributed by atoms with Gasteiger partial charge in [0, 0.05) is 31.0 Å². The van der Waals surface area contributed by atoms with E-state index in [0.29, 0.717) is 6.54 Å². The van der Waals surface area contributed by atoms with Crippen molar-refractivity contribution in [1.29, 1.82) is 0 Å². The molecule has 1 aromatic heterocycles. The highest BCUT2D eigenvalue weighted by Crippen LogP contribution is 2.38. The van der Waals surface area contributed by atoms with Gasteiger partial charge in [-0.3, -0.25) is 9.59 Å². The number of rotatable bonds is 8. The van der Waals surface area contributed by atoms with Gasteiger partial charge in [-0.25, -0.2) is 0 Å². The summed E-state index contributed by atoms with van der Waals surface area (Å²) in [6.45, 7) is 1.19. The minimum atomic E-state index is -0.430. The summed E-state index contributed by atoms with van der Waals surface area (Å²) in [5.41, 5.74) is 6.02. The Morgan fingerprint density at radius 1 is 0.950 bits per heavy atom. The number of aliphatic hydroxyl groups is 1. The van der Waals surface area contributed by atoms with Crippen molar-refractivity contribution in [2.24, 2.45) is 5.92 Å². The van der Waals surface area contributed by atoms with Crippen molar-refractivity contribution in [3.05, 3.63) is 107 Å². The van der Waals surface area contributed by atoms with Crippen molar-refractivity contribution in [2.75, 3.05) is 20.2 Å². The van der Waals surface area contributed by atoms with E-state index in [1.807, 2.05) is 49.5 Å². The molecule has 2 atom stereocenters. The highest BCUT2D eigenvalue weighted by atomic mass is 16.3. The van der Waals surface area contributed by atoms with E-state index >= 15 is 0 Å². The summed E-state index contributed by atoms with van der Waals surface area (Å²) in [7, 11) is 1.87. The van der Waals surface area contributed by atoms with Crippen LogP contribution in [0.4, 0.5) is 0 Å². The lowest BCUT2D eigenvalue weighted by molar-refractivity contribution is -0.124. The lowest BCUT2D eigenvalue weighted by Crippen LogP contribution is -2.37. The van der Waals surface area contributed by atoms with Crippen LogP contribution in [0.5, 0.6) is 0 Å². The third-order valence-electron chi connectivity index (χ3n) is 8.86. The number of benzene rings is 3. The lowest BCUT2D eigenvalue weighted by atomic mass is 9.83. The number of carbonyl (C=O) groups is 2. The largest absolute Gasteiger partial charge is 0.394 e. The molecule has 1 saturated carbocycles. The normalized spacial score (nSPS) is 17.1. The van der Waals surface area contributed by atoms with Gasteiger partial charge in [0.2, 0.25) is 5.91 Å². The second kappa shape index (κ2) is 11.3. The molecule has 6 nitrogen and oxygen atoms in total. The first-order valence-corrected chi connectivity index (χ1v) is 14.5. The van der Waals surface area contributed by atoms with Crippen LogP contribution in [-0.2, 0) is 17.8 Å². The number of para-hydroxylation sites is 1. The Balaban J connectivity index is 1.28. The van der Waals surface area contributed by atoms with Gasteiger partial charge in [-0.15, -0.1) is 0 Å². The third kappa shape index (κ3) is 4.92. The van der Waals surface area contributed by atoms with E-state index in [9.17, 15) is 14.7 Å². The average Bonchev–Trinajstić information content (AvgIpc) is 3.62. The van der Waals surface area contributed by atoms with Gasteiger partial charge in [-0.05, 0) is 53.5 Å². The van der Waals surface area contributed by atoms with E-state index in [1.54, 1.807) is 4.90 Å². The standard InChI is InChI=1S/C34H37N3O3/c1-36-20-19-28-27-13-7-8-14-30(27)37(32(28)34(36)40)21-23-15-17-26(18-16-23)31(25-11-5-6-12-25)33(39)35-29(22-38)24-9-3-2-4-10-24/h2-4,7-10,13-18,25,29,31,38H,5-6,11-12,19-22H2,1H3,(H,35,39). The van der Waals surface area contributed by atoms with E-state index in [-0.39, 0.29) is 30.3 Å². The Bertz CT molecular complexity index is 1500. The van der Waals surface area contributed by atoms with Gasteiger partial charge in [0.1, 0.15) is 5.69 Å². The van der Waals surface area contributed by atoms with Crippen LogP contribution in [0.3, 0.4) is 0 Å². The number of likely N-dealkylation sites (N-methyl/N-ethyl adjacent to an activating group) is 1. The lowest BCUT2D eigenvalue weighted by Gasteiger charge is -2.26. The van der Waals surface area contributed by atoms with Crippen molar-refractivity contribution in [3.63, 3.8) is 0 Å². The molecule has 1 fully saturated rings. The van der Waals surface area contributed by atoms with Crippen LogP contribution in [0.1, 0.15) is 70.4 Å². The highest BCUT2D eigenvalue weighted by molar-refractivity contribution is 6.02. The quantitative estimate of drug-likeness (QED) is 0.316. The first-order chi connectivity index (χ1) is 19.5. The Morgan fingerprint density at radius 2 is 1.65 bits per heavy atom. The zero-order valence-electron chi connectivity index (χ0n) is 23.1. The van der Waals surface area contributed by atoms with Crippen molar-refractivity contribution < 1.29 is 14.7 Å². The third-order valence-corrected chi connectivity index (χ3v) is 8.86. The van der Waals surface area contributed by atoms with Crippen molar-refractivity contribution in [2.45, 2.75) is 50.6 Å². The fraction of sp³-hybridized carbons (Fsp3) is 0.353. The SMILES string of the molecule is CN1CCc2c(n(Cc3ccc(C(C(=O)NC(CO)c4ccccc4)C4CCCC4)cc3)c3ccccc23)C1=O. The van der Waals surface area contributed by atoms with Crippen LogP contribution in [0.15, 0.2) is 78.9 Å². The van der Waals surface area contributed by atoms with Crippen LogP contribution < -0.4 is 5.32 Å². The molecule has 4 aromatic rings. The topological polar surface area (TPSA) is 74.6 Å². The molecule has 6 rings (SSSR count). The van der Waals surface area contributed by atoms with Gasteiger partial charge in [0.05, 0.1) is 18.6 Å². The molecule has 0 bridgehead atoms. The summed E-state index contributed by atoms with van der Waals surface area (Å²) < 4.78 is 2.16. The molecule has 0 spiro atoms. The second-order valence-corrected chi connectivity index (χ2v) is 11.3. The summed E-state index contributed by atoms with van der Waals surface area (Å²) in [6, 6.07) is 25.9. The number of aromatic nitrogens is 1. The monoisotopic (exact) mass is 535 g/mol. The molecule has 0 saturated heterocycles. The summed E-state index contributed by atoms with van der Waals surface area (Å²) in [4.78, 5) is 28.7. The Labute approximate surface area is 235 Å². The summed E-state index contributed by atoms with van der Waals surface area (Å²) in [6.07, 6.45) is 5.21. The highest BCUT2D eigenvalue weighted by Gasteiger charge is 2.33. The van der Waals surface area contributed by atoms with Crippen LogP contribution in [0.25, 0.3) is 10.9 Å². The van der Waals surface area contributed by atoms with Gasteiger partial charge >= 0.3 is 0 Å². The number of hydrogen-bond acceptors (Lipinski definition) is 3. The number of fused-ring (bicyclic) bond motifs is 3. The van der Waals surface area contributed by atoms with Crippen LogP contribution in [-0.4, -0.2) is 46.6 Å². The average molecular weight is 536 g/mol. The molecule has 2 N–H and O–H groups in total. The molecule has 1 aliphatic carbocycles. The number of carbonyl (C=O) groups excluding carboxylic acids is 2. The second-order valence-electron chi connectivity index (χ2n) is 11.3. The smallest absolute Gasteiger partial charge is 0.270 e. The van der Waals surface area contributed by atoms with Crippen molar-refractivity contribution >= 4 is 22.7 Å². The van der Waals surface area contributed by atoms with Crippen LogP contribution >= 0.6 is 0 Å². The molecule has 2 heterocycles. The van der Waals surface area contributed by atoms with Gasteiger partial charge in [0.15, 0.2) is 0 Å². The maximum Gasteiger partial charge on any atom is 0.270 e. The van der Waals surface area contributed by atoms with E-state index in [4.69, 9.17) is 0 Å². The van der Waals surface area contributed by atoms with Crippen LogP contribution in [0.2, 0.25) is 0 Å². The van der Waals surface area contributed by atoms with Crippen molar-refractivity contribution in [1.82, 2.24) is 14.8 Å². The van der Waals surface area contributed by atoms with Crippen LogP contribution in [0, 0.1) is 5.92 Å². The van der Waals surface area contributed by atoms with E-state index < -0.39 is 6.04 Å². The number of hydrogen-bond donors (Lipinski definition) is 2. The fourth-order valence-electron chi connectivity index (χ4n) is 6.72. The molecule has 2 unspecified atom stereocenters.